The molecule has 0 aliphatic heterocycles. The van der Waals surface area contributed by atoms with Gasteiger partial charge in [-0.15, -0.1) is 0 Å². The van der Waals surface area contributed by atoms with Gasteiger partial charge in [-0.3, -0.25) is 0 Å². The van der Waals surface area contributed by atoms with E-state index >= 15 is 0 Å². The monoisotopic (exact) mass is 357 g/mol. The van der Waals surface area contributed by atoms with Crippen molar-refractivity contribution in [1.82, 2.24) is 4.72 Å². The Kier molecular flexibility index (Phi) is 5.01. The number of furan rings is 1. The van der Waals surface area contributed by atoms with Crippen LogP contribution in [-0.2, 0) is 16.4 Å². The number of aryl methyl sites for hydroxylation is 1. The Morgan fingerprint density at radius 3 is 2.55 bits per heavy atom. The highest BCUT2D eigenvalue weighted by molar-refractivity contribution is 9.10. The van der Waals surface area contributed by atoms with Crippen LogP contribution in [0.15, 0.2) is 56.4 Å². The lowest BCUT2D eigenvalue weighted by Crippen LogP contribution is -2.32. The van der Waals surface area contributed by atoms with Crippen LogP contribution in [0.4, 0.5) is 0 Å². The molecule has 1 unspecified atom stereocenters. The number of rotatable bonds is 6. The van der Waals surface area contributed by atoms with Gasteiger partial charge in [0.25, 0.3) is 0 Å². The van der Waals surface area contributed by atoms with E-state index in [-0.39, 0.29) is 10.9 Å². The fourth-order valence-electron chi connectivity index (χ4n) is 1.82. The van der Waals surface area contributed by atoms with Crippen LogP contribution in [-0.4, -0.2) is 14.5 Å². The summed E-state index contributed by atoms with van der Waals surface area (Å²) >= 11 is 3.28. The van der Waals surface area contributed by atoms with Gasteiger partial charge in [-0.05, 0) is 49.7 Å². The molecule has 0 aliphatic carbocycles. The van der Waals surface area contributed by atoms with Crippen LogP contribution in [0.25, 0.3) is 0 Å². The van der Waals surface area contributed by atoms with E-state index in [4.69, 9.17) is 4.42 Å². The molecule has 1 N–H and O–H groups in total. The summed E-state index contributed by atoms with van der Waals surface area (Å²) in [4.78, 5) is 0.269. The van der Waals surface area contributed by atoms with E-state index in [1.165, 1.54) is 0 Å². The summed E-state index contributed by atoms with van der Waals surface area (Å²) < 4.78 is 33.1. The smallest absolute Gasteiger partial charge is 0.240 e. The first kappa shape index (κ1) is 15.3. The zero-order chi connectivity index (χ0) is 14.6. The summed E-state index contributed by atoms with van der Waals surface area (Å²) in [6, 6.07) is 10.1. The highest BCUT2D eigenvalue weighted by atomic mass is 79.9. The number of hydrogen-bond donors (Lipinski definition) is 1. The minimum Gasteiger partial charge on any atom is -0.469 e. The molecule has 2 aromatic rings. The van der Waals surface area contributed by atoms with Crippen molar-refractivity contribution in [3.63, 3.8) is 0 Å². The van der Waals surface area contributed by atoms with E-state index in [2.05, 4.69) is 20.7 Å². The third kappa shape index (κ3) is 4.19. The third-order valence-electron chi connectivity index (χ3n) is 2.88. The Morgan fingerprint density at radius 2 is 1.95 bits per heavy atom. The molecule has 0 bridgehead atoms. The van der Waals surface area contributed by atoms with Gasteiger partial charge in [0.15, 0.2) is 0 Å². The van der Waals surface area contributed by atoms with Gasteiger partial charge in [-0.2, -0.15) is 0 Å². The average molecular weight is 358 g/mol. The largest absolute Gasteiger partial charge is 0.469 e. The molecule has 1 aromatic heterocycles. The van der Waals surface area contributed by atoms with Crippen molar-refractivity contribution in [2.45, 2.75) is 30.7 Å². The molecule has 6 heteroatoms. The lowest BCUT2D eigenvalue weighted by Gasteiger charge is -2.13. The zero-order valence-corrected chi connectivity index (χ0v) is 13.4. The van der Waals surface area contributed by atoms with Gasteiger partial charge in [-0.1, -0.05) is 15.9 Å². The van der Waals surface area contributed by atoms with E-state index in [9.17, 15) is 8.42 Å². The summed E-state index contributed by atoms with van der Waals surface area (Å²) in [5.41, 5.74) is 0. The Hall–Kier alpha value is -1.11. The second kappa shape index (κ2) is 6.56. The molecule has 0 amide bonds. The normalized spacial score (nSPS) is 13.3. The van der Waals surface area contributed by atoms with Crippen LogP contribution in [0.2, 0.25) is 0 Å². The number of benzene rings is 1. The molecule has 0 spiro atoms. The van der Waals surface area contributed by atoms with Crippen molar-refractivity contribution in [3.8, 4) is 0 Å². The summed E-state index contributed by atoms with van der Waals surface area (Å²) in [7, 11) is -3.47. The summed E-state index contributed by atoms with van der Waals surface area (Å²) in [5, 5.41) is 0. The van der Waals surface area contributed by atoms with Crippen molar-refractivity contribution in [2.24, 2.45) is 0 Å². The molecule has 0 saturated carbocycles. The first-order valence-corrected chi connectivity index (χ1v) is 8.55. The third-order valence-corrected chi connectivity index (χ3v) is 5.02. The molecule has 2 rings (SSSR count). The molecule has 1 aromatic carbocycles. The van der Waals surface area contributed by atoms with E-state index in [1.807, 2.05) is 19.1 Å². The van der Waals surface area contributed by atoms with Crippen molar-refractivity contribution >= 4 is 26.0 Å². The number of sulfonamides is 1. The van der Waals surface area contributed by atoms with Crippen LogP contribution in [0, 0.1) is 0 Å². The number of hydrogen-bond acceptors (Lipinski definition) is 3. The molecular weight excluding hydrogens is 342 g/mol. The van der Waals surface area contributed by atoms with Crippen molar-refractivity contribution < 1.29 is 12.8 Å². The Balaban J connectivity index is 1.95. The maximum atomic E-state index is 12.2. The quantitative estimate of drug-likeness (QED) is 0.862. The lowest BCUT2D eigenvalue weighted by molar-refractivity contribution is 0.480. The van der Waals surface area contributed by atoms with Crippen LogP contribution in [0.3, 0.4) is 0 Å². The fourth-order valence-corrected chi connectivity index (χ4v) is 3.36. The fraction of sp³-hybridized carbons (Fsp3) is 0.286. The summed E-state index contributed by atoms with van der Waals surface area (Å²) in [6.45, 7) is 1.85. The van der Waals surface area contributed by atoms with Crippen molar-refractivity contribution in [3.05, 3.63) is 52.9 Å². The molecule has 0 aliphatic rings. The van der Waals surface area contributed by atoms with Gasteiger partial charge in [0, 0.05) is 16.9 Å². The SMILES string of the molecule is CC(CCc1ccco1)NS(=O)(=O)c1ccc(Br)cc1. The first-order valence-electron chi connectivity index (χ1n) is 6.27. The van der Waals surface area contributed by atoms with Gasteiger partial charge in [0.05, 0.1) is 11.2 Å². The highest BCUT2D eigenvalue weighted by Gasteiger charge is 2.17. The molecule has 0 saturated heterocycles. The summed E-state index contributed by atoms with van der Waals surface area (Å²) in [5.74, 6) is 0.861. The number of nitrogens with one attached hydrogen (secondary N) is 1. The van der Waals surface area contributed by atoms with Crippen LogP contribution < -0.4 is 4.72 Å². The molecule has 4 nitrogen and oxygen atoms in total. The second-order valence-electron chi connectivity index (χ2n) is 4.59. The maximum absolute atomic E-state index is 12.2. The minimum absolute atomic E-state index is 0.159. The predicted octanol–water partition coefficient (Wildman–Crippen LogP) is 3.34. The predicted molar refractivity (Wildman–Crippen MR) is 81.0 cm³/mol. The Morgan fingerprint density at radius 1 is 1.25 bits per heavy atom. The first-order chi connectivity index (χ1) is 9.47. The topological polar surface area (TPSA) is 59.3 Å². The van der Waals surface area contributed by atoms with Gasteiger partial charge in [-0.25, -0.2) is 13.1 Å². The second-order valence-corrected chi connectivity index (χ2v) is 7.22. The van der Waals surface area contributed by atoms with E-state index < -0.39 is 10.0 Å². The molecule has 1 atom stereocenters. The number of halogens is 1. The Labute approximate surface area is 127 Å². The molecule has 0 fully saturated rings. The molecule has 0 radical (unpaired) electrons. The van der Waals surface area contributed by atoms with Gasteiger partial charge >= 0.3 is 0 Å². The van der Waals surface area contributed by atoms with Gasteiger partial charge in [0.2, 0.25) is 10.0 Å². The standard InChI is InChI=1S/C14H16BrNO3S/c1-11(4-7-13-3-2-10-19-13)16-20(17,18)14-8-5-12(15)6-9-14/h2-3,5-6,8-11,16H,4,7H2,1H3. The zero-order valence-electron chi connectivity index (χ0n) is 11.0. The summed E-state index contributed by atoms with van der Waals surface area (Å²) in [6.07, 6.45) is 3.01. The van der Waals surface area contributed by atoms with E-state index in [1.54, 1.807) is 30.5 Å². The van der Waals surface area contributed by atoms with Crippen molar-refractivity contribution in [2.75, 3.05) is 0 Å². The van der Waals surface area contributed by atoms with Gasteiger partial charge in [0.1, 0.15) is 5.76 Å². The van der Waals surface area contributed by atoms with E-state index in [0.717, 1.165) is 10.2 Å². The lowest BCUT2D eigenvalue weighted by atomic mass is 10.2. The average Bonchev–Trinajstić information content (AvgIpc) is 2.89. The maximum Gasteiger partial charge on any atom is 0.240 e. The van der Waals surface area contributed by atoms with Crippen LogP contribution in [0.1, 0.15) is 19.1 Å². The molecule has 1 heterocycles. The highest BCUT2D eigenvalue weighted by Crippen LogP contribution is 2.15. The van der Waals surface area contributed by atoms with E-state index in [0.29, 0.717) is 12.8 Å². The Bertz CT molecular complexity index is 636. The molecular formula is C14H16BrNO3S. The van der Waals surface area contributed by atoms with Crippen LogP contribution >= 0.6 is 15.9 Å². The molecule has 20 heavy (non-hydrogen) atoms. The van der Waals surface area contributed by atoms with Crippen molar-refractivity contribution in [1.29, 1.82) is 0 Å². The van der Waals surface area contributed by atoms with Crippen LogP contribution in [0.5, 0.6) is 0 Å². The minimum atomic E-state index is -3.47. The van der Waals surface area contributed by atoms with Gasteiger partial charge < -0.3 is 4.42 Å². The molecule has 108 valence electrons.